The molecule has 4 nitrogen and oxygen atoms in total. The number of carbonyl (C=O) groups is 1. The van der Waals surface area contributed by atoms with Gasteiger partial charge in [-0.1, -0.05) is 48.5 Å². The molecule has 0 atom stereocenters. The molecule has 0 saturated heterocycles. The van der Waals surface area contributed by atoms with E-state index in [2.05, 4.69) is 6.58 Å². The fraction of sp³-hybridized carbons (Fsp3) is 0.148. The van der Waals surface area contributed by atoms with E-state index in [1.54, 1.807) is 24.3 Å². The Bertz CT molecular complexity index is 1080. The second-order valence-corrected chi connectivity index (χ2v) is 7.43. The van der Waals surface area contributed by atoms with Crippen molar-refractivity contribution in [1.82, 2.24) is 0 Å². The van der Waals surface area contributed by atoms with Crippen LogP contribution in [0.4, 0.5) is 5.69 Å². The number of hydrogen-bond acceptors (Lipinski definition) is 4. The van der Waals surface area contributed by atoms with Crippen molar-refractivity contribution in [2.45, 2.75) is 13.0 Å². The van der Waals surface area contributed by atoms with Crippen molar-refractivity contribution in [2.24, 2.45) is 0 Å². The van der Waals surface area contributed by atoms with E-state index in [1.807, 2.05) is 73.6 Å². The molecule has 0 aliphatic carbocycles. The number of allylic oxidation sites excluding steroid dienone is 2. The highest BCUT2D eigenvalue weighted by Crippen LogP contribution is 2.31. The molecular formula is C27H27NO3. The lowest BCUT2D eigenvalue weighted by molar-refractivity contribution is 0.104. The van der Waals surface area contributed by atoms with Gasteiger partial charge in [0.1, 0.15) is 18.1 Å². The summed E-state index contributed by atoms with van der Waals surface area (Å²) in [4.78, 5) is 14.7. The van der Waals surface area contributed by atoms with Gasteiger partial charge in [0, 0.05) is 37.0 Å². The number of hydrogen-bond donors (Lipinski definition) is 1. The SMILES string of the molecule is C=CCc1cc(/C=C/C(=O)c2cccc(N(C)C)c2)c(OCc2ccccc2)cc1O. The molecule has 0 unspecified atom stereocenters. The average molecular weight is 414 g/mol. The maximum atomic E-state index is 12.7. The highest BCUT2D eigenvalue weighted by atomic mass is 16.5. The lowest BCUT2D eigenvalue weighted by Gasteiger charge is -2.13. The average Bonchev–Trinajstić information content (AvgIpc) is 2.78. The molecule has 0 amide bonds. The topological polar surface area (TPSA) is 49.8 Å². The Balaban J connectivity index is 1.88. The monoisotopic (exact) mass is 413 g/mol. The number of ether oxygens (including phenoxy) is 1. The molecule has 4 heteroatoms. The number of aromatic hydroxyl groups is 1. The van der Waals surface area contributed by atoms with Crippen molar-refractivity contribution in [3.8, 4) is 11.5 Å². The number of rotatable bonds is 9. The molecule has 0 radical (unpaired) electrons. The van der Waals surface area contributed by atoms with E-state index in [0.717, 1.165) is 22.4 Å². The van der Waals surface area contributed by atoms with Crippen LogP contribution in [-0.4, -0.2) is 25.0 Å². The van der Waals surface area contributed by atoms with Gasteiger partial charge >= 0.3 is 0 Å². The highest BCUT2D eigenvalue weighted by molar-refractivity contribution is 6.07. The number of carbonyl (C=O) groups excluding carboxylic acids is 1. The molecule has 3 aromatic carbocycles. The van der Waals surface area contributed by atoms with E-state index >= 15 is 0 Å². The van der Waals surface area contributed by atoms with Gasteiger partial charge in [0.15, 0.2) is 5.78 Å². The molecule has 3 aromatic rings. The lowest BCUT2D eigenvalue weighted by Crippen LogP contribution is -2.09. The predicted molar refractivity (Wildman–Crippen MR) is 127 cm³/mol. The first-order valence-electron chi connectivity index (χ1n) is 10.1. The van der Waals surface area contributed by atoms with E-state index in [4.69, 9.17) is 4.74 Å². The molecular weight excluding hydrogens is 386 g/mol. The molecule has 0 saturated carbocycles. The number of ketones is 1. The molecule has 0 spiro atoms. The first-order valence-corrected chi connectivity index (χ1v) is 10.1. The molecule has 3 rings (SSSR count). The Morgan fingerprint density at radius 2 is 1.84 bits per heavy atom. The zero-order chi connectivity index (χ0) is 22.2. The molecule has 0 aromatic heterocycles. The van der Waals surface area contributed by atoms with Crippen LogP contribution < -0.4 is 9.64 Å². The molecule has 0 fully saturated rings. The molecule has 158 valence electrons. The highest BCUT2D eigenvalue weighted by Gasteiger charge is 2.10. The van der Waals surface area contributed by atoms with Crippen LogP contribution in [0.15, 0.2) is 85.5 Å². The van der Waals surface area contributed by atoms with Crippen LogP contribution in [-0.2, 0) is 13.0 Å². The summed E-state index contributed by atoms with van der Waals surface area (Å²) < 4.78 is 5.97. The second kappa shape index (κ2) is 10.3. The van der Waals surface area contributed by atoms with Crippen molar-refractivity contribution in [3.63, 3.8) is 0 Å². The zero-order valence-corrected chi connectivity index (χ0v) is 17.9. The van der Waals surface area contributed by atoms with Gasteiger partial charge in [-0.25, -0.2) is 0 Å². The largest absolute Gasteiger partial charge is 0.508 e. The molecule has 0 aliphatic rings. The van der Waals surface area contributed by atoms with Crippen LogP contribution in [0, 0.1) is 0 Å². The summed E-state index contributed by atoms with van der Waals surface area (Å²) >= 11 is 0. The minimum absolute atomic E-state index is 0.101. The second-order valence-electron chi connectivity index (χ2n) is 7.43. The van der Waals surface area contributed by atoms with Gasteiger partial charge in [-0.05, 0) is 47.9 Å². The van der Waals surface area contributed by atoms with Crippen molar-refractivity contribution in [2.75, 3.05) is 19.0 Å². The number of phenolic OH excluding ortho intramolecular Hbond substituents is 1. The summed E-state index contributed by atoms with van der Waals surface area (Å²) in [5.74, 6) is 0.557. The van der Waals surface area contributed by atoms with Gasteiger partial charge < -0.3 is 14.7 Å². The summed E-state index contributed by atoms with van der Waals surface area (Å²) in [5.41, 5.74) is 4.04. The maximum Gasteiger partial charge on any atom is 0.185 e. The van der Waals surface area contributed by atoms with Crippen molar-refractivity contribution >= 4 is 17.5 Å². The van der Waals surface area contributed by atoms with Gasteiger partial charge in [-0.3, -0.25) is 4.79 Å². The van der Waals surface area contributed by atoms with Crippen LogP contribution in [0.25, 0.3) is 6.08 Å². The smallest absolute Gasteiger partial charge is 0.185 e. The van der Waals surface area contributed by atoms with Crippen LogP contribution in [0.2, 0.25) is 0 Å². The van der Waals surface area contributed by atoms with Crippen molar-refractivity contribution in [1.29, 1.82) is 0 Å². The van der Waals surface area contributed by atoms with Crippen molar-refractivity contribution < 1.29 is 14.6 Å². The Morgan fingerprint density at radius 3 is 2.55 bits per heavy atom. The summed E-state index contributed by atoms with van der Waals surface area (Å²) in [6, 6.07) is 20.7. The van der Waals surface area contributed by atoms with Gasteiger partial charge in [-0.15, -0.1) is 6.58 Å². The summed E-state index contributed by atoms with van der Waals surface area (Å²) in [7, 11) is 3.88. The first kappa shape index (κ1) is 21.9. The fourth-order valence-corrected chi connectivity index (χ4v) is 3.14. The Hall–Kier alpha value is -3.79. The van der Waals surface area contributed by atoms with E-state index in [1.165, 1.54) is 6.08 Å². The van der Waals surface area contributed by atoms with E-state index in [0.29, 0.717) is 24.3 Å². The fourth-order valence-electron chi connectivity index (χ4n) is 3.14. The third-order valence-corrected chi connectivity index (χ3v) is 4.87. The molecule has 1 N–H and O–H groups in total. The Morgan fingerprint density at radius 1 is 1.06 bits per heavy atom. The normalized spacial score (nSPS) is 10.8. The van der Waals surface area contributed by atoms with Crippen molar-refractivity contribution in [3.05, 3.63) is 108 Å². The van der Waals surface area contributed by atoms with Crippen LogP contribution >= 0.6 is 0 Å². The number of phenols is 1. The summed E-state index contributed by atoms with van der Waals surface area (Å²) in [6.45, 7) is 4.10. The Labute approximate surface area is 183 Å². The van der Waals surface area contributed by atoms with E-state index < -0.39 is 0 Å². The molecule has 0 heterocycles. The molecule has 0 aliphatic heterocycles. The standard InChI is InChI=1S/C27H27NO3/c1-4-9-21-16-23(14-15-25(29)22-12-8-13-24(17-22)28(2)3)27(18-26(21)30)31-19-20-10-6-5-7-11-20/h4-8,10-18,30H,1,9,19H2,2-3H3/b15-14+. The van der Waals surface area contributed by atoms with E-state index in [9.17, 15) is 9.90 Å². The van der Waals surface area contributed by atoms with Crippen LogP contribution in [0.5, 0.6) is 11.5 Å². The Kier molecular flexibility index (Phi) is 7.28. The van der Waals surface area contributed by atoms with Gasteiger partial charge in [-0.2, -0.15) is 0 Å². The van der Waals surface area contributed by atoms with Gasteiger partial charge in [0.25, 0.3) is 0 Å². The lowest BCUT2D eigenvalue weighted by atomic mass is 10.0. The maximum absolute atomic E-state index is 12.7. The van der Waals surface area contributed by atoms with Gasteiger partial charge in [0.2, 0.25) is 0 Å². The zero-order valence-electron chi connectivity index (χ0n) is 17.9. The minimum atomic E-state index is -0.101. The minimum Gasteiger partial charge on any atom is -0.508 e. The summed E-state index contributed by atoms with van der Waals surface area (Å²) in [5, 5.41) is 10.4. The van der Waals surface area contributed by atoms with Crippen LogP contribution in [0.3, 0.4) is 0 Å². The van der Waals surface area contributed by atoms with Crippen LogP contribution in [0.1, 0.15) is 27.0 Å². The summed E-state index contributed by atoms with van der Waals surface area (Å²) in [6.07, 6.45) is 5.51. The molecule has 31 heavy (non-hydrogen) atoms. The van der Waals surface area contributed by atoms with E-state index in [-0.39, 0.29) is 11.5 Å². The number of anilines is 1. The third kappa shape index (κ3) is 5.86. The molecule has 0 bridgehead atoms. The predicted octanol–water partition coefficient (Wildman–Crippen LogP) is 5.66. The van der Waals surface area contributed by atoms with Gasteiger partial charge in [0.05, 0.1) is 0 Å². The third-order valence-electron chi connectivity index (χ3n) is 4.87. The number of nitrogens with zero attached hydrogens (tertiary/aromatic N) is 1. The first-order chi connectivity index (χ1) is 15.0. The number of benzene rings is 3. The quantitative estimate of drug-likeness (QED) is 0.279.